The van der Waals surface area contributed by atoms with Crippen LogP contribution in [-0.4, -0.2) is 41.0 Å². The van der Waals surface area contributed by atoms with E-state index in [0.29, 0.717) is 22.4 Å². The topological polar surface area (TPSA) is 119 Å². The van der Waals surface area contributed by atoms with Crippen LogP contribution in [0.3, 0.4) is 0 Å². The van der Waals surface area contributed by atoms with E-state index in [4.69, 9.17) is 0 Å². The molecule has 258 valence electrons. The van der Waals surface area contributed by atoms with Crippen molar-refractivity contribution in [2.75, 3.05) is 10.6 Å². The Hall–Kier alpha value is -5.38. The molecule has 0 saturated heterocycles. The first-order valence-electron chi connectivity index (χ1n) is 16.1. The zero-order valence-corrected chi connectivity index (χ0v) is 28.0. The van der Waals surface area contributed by atoms with Gasteiger partial charge in [0, 0.05) is 34.2 Å². The summed E-state index contributed by atoms with van der Waals surface area (Å²) in [5, 5.41) is 14.4. The van der Waals surface area contributed by atoms with Gasteiger partial charge in [0.15, 0.2) is 11.3 Å². The second-order valence-electron chi connectivity index (χ2n) is 11.8. The van der Waals surface area contributed by atoms with Crippen LogP contribution in [0, 0.1) is 27.7 Å². The lowest BCUT2D eigenvalue weighted by Crippen LogP contribution is -2.12. The van der Waals surface area contributed by atoms with Gasteiger partial charge in [0.05, 0.1) is 12.4 Å². The monoisotopic (exact) mass is 662 g/mol. The Morgan fingerprint density at radius 1 is 0.612 bits per heavy atom. The van der Waals surface area contributed by atoms with Gasteiger partial charge >= 0.3 is 0 Å². The third kappa shape index (κ3) is 9.16. The molecule has 4 aromatic heterocycles. The van der Waals surface area contributed by atoms with E-state index < -0.39 is 0 Å². The molecule has 0 saturated carbocycles. The highest BCUT2D eigenvalue weighted by Crippen LogP contribution is 2.18. The molecular formula is C39H50N8O2. The maximum Gasteiger partial charge on any atom is 0.261 e. The Morgan fingerprint density at radius 3 is 1.41 bits per heavy atom. The summed E-state index contributed by atoms with van der Waals surface area (Å²) in [6.07, 6.45) is 8.72. The molecule has 0 radical (unpaired) electrons. The Labute approximate surface area is 290 Å². The normalized spacial score (nSPS) is 10.5. The number of carbonyl (C=O) groups excluding carboxylic acids is 2. The Bertz CT molecular complexity index is 2010. The van der Waals surface area contributed by atoms with Gasteiger partial charge in [-0.05, 0) is 94.5 Å². The molecule has 0 aliphatic heterocycles. The first-order valence-corrected chi connectivity index (χ1v) is 16.1. The highest BCUT2D eigenvalue weighted by atomic mass is 16.2. The maximum atomic E-state index is 12.6. The number of nitrogens with zero attached hydrogens (tertiary/aromatic N) is 6. The predicted octanol–water partition coefficient (Wildman–Crippen LogP) is 8.76. The van der Waals surface area contributed by atoms with E-state index in [-0.39, 0.29) is 26.7 Å². The first kappa shape index (κ1) is 38.1. The molecule has 0 atom stereocenters. The number of hydrogen-bond donors (Lipinski definition) is 2. The van der Waals surface area contributed by atoms with Crippen molar-refractivity contribution >= 4 is 34.5 Å². The number of nitrogens with one attached hydrogen (secondary N) is 2. The quantitative estimate of drug-likeness (QED) is 0.160. The average Bonchev–Trinajstić information content (AvgIpc) is 3.67. The number of aryl methyl sites for hydroxylation is 6. The molecule has 10 heteroatoms. The third-order valence-corrected chi connectivity index (χ3v) is 7.83. The summed E-state index contributed by atoms with van der Waals surface area (Å²) in [5.74, 6) is -0.385. The van der Waals surface area contributed by atoms with Crippen molar-refractivity contribution < 1.29 is 9.59 Å². The van der Waals surface area contributed by atoms with Gasteiger partial charge in [-0.3, -0.25) is 9.59 Å². The molecule has 0 aliphatic rings. The summed E-state index contributed by atoms with van der Waals surface area (Å²) in [5.41, 5.74) is 9.91. The van der Waals surface area contributed by atoms with E-state index in [1.54, 1.807) is 21.4 Å². The second kappa shape index (κ2) is 17.1. The van der Waals surface area contributed by atoms with Gasteiger partial charge in [0.25, 0.3) is 11.8 Å². The van der Waals surface area contributed by atoms with Crippen molar-refractivity contribution in [2.45, 2.75) is 88.5 Å². The van der Waals surface area contributed by atoms with E-state index in [1.165, 1.54) is 24.0 Å². The minimum atomic E-state index is -0.194. The van der Waals surface area contributed by atoms with E-state index in [0.717, 1.165) is 53.4 Å². The van der Waals surface area contributed by atoms with Crippen molar-refractivity contribution in [3.8, 4) is 0 Å². The summed E-state index contributed by atoms with van der Waals surface area (Å²) >= 11 is 0. The van der Waals surface area contributed by atoms with Gasteiger partial charge in [-0.2, -0.15) is 10.2 Å². The first-order chi connectivity index (χ1) is 22.7. The van der Waals surface area contributed by atoms with Crippen LogP contribution in [0.2, 0.25) is 0 Å². The number of benzene rings is 2. The van der Waals surface area contributed by atoms with Crippen LogP contribution >= 0.6 is 0 Å². The number of amides is 2. The van der Waals surface area contributed by atoms with E-state index in [2.05, 4.69) is 56.8 Å². The number of unbranched alkanes of at least 4 members (excludes halogenated alkanes) is 1. The molecular weight excluding hydrogens is 612 g/mol. The lowest BCUT2D eigenvalue weighted by molar-refractivity contribution is 0.102. The standard InChI is InChI=1S/C19H22N4O.C18H20N4O.2CH4/c1-4-5-6-15-7-9-16(10-8-15)22-19(24)17-12-20-23-14(3)11-13(2)21-18(17)23;1-4-5-14-6-8-15(9-7-14)21-18(23)16-11-19-22-13(3)10-12(2)20-17(16)22;;/h7-12H,4-6H2,1-3H3,(H,22,24);6-11H,4-5H2,1-3H3,(H,21,23);2*1H4. The number of aromatic nitrogens is 6. The van der Waals surface area contributed by atoms with Crippen molar-refractivity contribution in [2.24, 2.45) is 0 Å². The van der Waals surface area contributed by atoms with Crippen molar-refractivity contribution in [3.63, 3.8) is 0 Å². The van der Waals surface area contributed by atoms with Crippen molar-refractivity contribution in [1.29, 1.82) is 0 Å². The molecule has 6 aromatic rings. The van der Waals surface area contributed by atoms with E-state index in [1.807, 2.05) is 76.2 Å². The van der Waals surface area contributed by atoms with Gasteiger partial charge in [0.1, 0.15) is 11.1 Å². The van der Waals surface area contributed by atoms with Crippen LogP contribution in [-0.2, 0) is 12.8 Å². The predicted molar refractivity (Wildman–Crippen MR) is 200 cm³/mol. The van der Waals surface area contributed by atoms with Gasteiger partial charge < -0.3 is 10.6 Å². The molecule has 2 aromatic carbocycles. The number of anilines is 2. The molecule has 49 heavy (non-hydrogen) atoms. The fourth-order valence-electron chi connectivity index (χ4n) is 5.44. The molecule has 6 rings (SSSR count). The highest BCUT2D eigenvalue weighted by molar-refractivity contribution is 6.08. The Balaban J connectivity index is 0.000000255. The number of fused-ring (bicyclic) bond motifs is 2. The Kier molecular flexibility index (Phi) is 13.3. The van der Waals surface area contributed by atoms with E-state index >= 15 is 0 Å². The minimum Gasteiger partial charge on any atom is -0.322 e. The highest BCUT2D eigenvalue weighted by Gasteiger charge is 2.17. The molecule has 0 bridgehead atoms. The maximum absolute atomic E-state index is 12.6. The molecule has 4 heterocycles. The van der Waals surface area contributed by atoms with Crippen LogP contribution < -0.4 is 10.6 Å². The van der Waals surface area contributed by atoms with Crippen LogP contribution in [0.1, 0.15) is 103 Å². The van der Waals surface area contributed by atoms with Crippen LogP contribution in [0.15, 0.2) is 73.1 Å². The zero-order valence-electron chi connectivity index (χ0n) is 28.0. The molecule has 0 spiro atoms. The van der Waals surface area contributed by atoms with Crippen molar-refractivity contribution in [3.05, 3.63) is 118 Å². The average molecular weight is 663 g/mol. The van der Waals surface area contributed by atoms with Crippen molar-refractivity contribution in [1.82, 2.24) is 29.2 Å². The fraction of sp³-hybridized carbons (Fsp3) is 0.333. The lowest BCUT2D eigenvalue weighted by atomic mass is 10.1. The fourth-order valence-corrected chi connectivity index (χ4v) is 5.44. The largest absolute Gasteiger partial charge is 0.322 e. The smallest absolute Gasteiger partial charge is 0.261 e. The SMILES string of the molecule is C.C.CCCCc1ccc(NC(=O)c2cnn3c(C)cc(C)nc23)cc1.CCCc1ccc(NC(=O)c2cnn3c(C)cc(C)nc23)cc1. The van der Waals surface area contributed by atoms with Gasteiger partial charge in [0.2, 0.25) is 0 Å². The lowest BCUT2D eigenvalue weighted by Gasteiger charge is -2.06. The zero-order chi connectivity index (χ0) is 33.5. The molecule has 2 N–H and O–H groups in total. The van der Waals surface area contributed by atoms with Crippen LogP contribution in [0.4, 0.5) is 11.4 Å². The van der Waals surface area contributed by atoms with E-state index in [9.17, 15) is 9.59 Å². The third-order valence-electron chi connectivity index (χ3n) is 7.83. The summed E-state index contributed by atoms with van der Waals surface area (Å²) in [6.45, 7) is 12.1. The van der Waals surface area contributed by atoms with Gasteiger partial charge in [-0.15, -0.1) is 0 Å². The second-order valence-corrected chi connectivity index (χ2v) is 11.8. The molecule has 10 nitrogen and oxygen atoms in total. The molecule has 0 unspecified atom stereocenters. The summed E-state index contributed by atoms with van der Waals surface area (Å²) in [4.78, 5) is 34.0. The van der Waals surface area contributed by atoms with Gasteiger partial charge in [-0.1, -0.05) is 65.8 Å². The molecule has 2 amide bonds. The molecule has 0 fully saturated rings. The molecule has 0 aliphatic carbocycles. The number of carbonyl (C=O) groups is 2. The summed E-state index contributed by atoms with van der Waals surface area (Å²) in [7, 11) is 0. The number of rotatable bonds is 9. The Morgan fingerprint density at radius 2 is 1.02 bits per heavy atom. The van der Waals surface area contributed by atoms with Crippen LogP contribution in [0.5, 0.6) is 0 Å². The number of hydrogen-bond acceptors (Lipinski definition) is 6. The van der Waals surface area contributed by atoms with Crippen LogP contribution in [0.25, 0.3) is 11.3 Å². The minimum absolute atomic E-state index is 0. The summed E-state index contributed by atoms with van der Waals surface area (Å²) < 4.78 is 3.38. The summed E-state index contributed by atoms with van der Waals surface area (Å²) in [6, 6.07) is 19.8. The van der Waals surface area contributed by atoms with Gasteiger partial charge in [-0.25, -0.2) is 19.0 Å².